The smallest absolute Gasteiger partial charge is 0.321 e. The van der Waals surface area contributed by atoms with E-state index in [-0.39, 0.29) is 13.1 Å². The lowest BCUT2D eigenvalue weighted by atomic mass is 9.90. The van der Waals surface area contributed by atoms with Crippen LogP contribution < -0.4 is 5.32 Å². The standard InChI is InChI=1S/C23H23ClN4O5S/c1-27(14-22(29)33-2)34(31,32)28-12-16-7-8-17(24)9-19(16)20(13-28)23(30)26-21-11-25-10-15-5-3-4-6-18(15)21/h3-11,20H,12-14H2,1-2H3,(H,26,30)/t20-/m1/s1. The number of nitrogens with zero attached hydrogens (tertiary/aromatic N) is 3. The number of pyridine rings is 1. The summed E-state index contributed by atoms with van der Waals surface area (Å²) in [5, 5.41) is 5.03. The number of amides is 1. The van der Waals surface area contributed by atoms with E-state index < -0.39 is 34.5 Å². The van der Waals surface area contributed by atoms with Gasteiger partial charge in [-0.15, -0.1) is 0 Å². The average molecular weight is 503 g/mol. The number of aromatic nitrogens is 1. The maximum absolute atomic E-state index is 13.5. The van der Waals surface area contributed by atoms with Crippen LogP contribution in [0.4, 0.5) is 5.69 Å². The molecule has 0 unspecified atom stereocenters. The van der Waals surface area contributed by atoms with Crippen molar-refractivity contribution in [1.29, 1.82) is 0 Å². The van der Waals surface area contributed by atoms with Gasteiger partial charge in [0.25, 0.3) is 10.2 Å². The second-order valence-corrected chi connectivity index (χ2v) is 10.4. The van der Waals surface area contributed by atoms with Gasteiger partial charge in [-0.05, 0) is 23.3 Å². The van der Waals surface area contributed by atoms with Gasteiger partial charge in [0.05, 0.1) is 24.9 Å². The average Bonchev–Trinajstić information content (AvgIpc) is 2.83. The Hall–Kier alpha value is -3.05. The highest BCUT2D eigenvalue weighted by Gasteiger charge is 2.38. The molecule has 0 fully saturated rings. The molecule has 2 aromatic carbocycles. The molecule has 178 valence electrons. The molecule has 1 N–H and O–H groups in total. The van der Waals surface area contributed by atoms with Gasteiger partial charge in [-0.3, -0.25) is 14.6 Å². The summed E-state index contributed by atoms with van der Waals surface area (Å²) in [5.41, 5.74) is 1.83. The molecule has 0 saturated heterocycles. The molecule has 4 rings (SSSR count). The Balaban J connectivity index is 1.67. The summed E-state index contributed by atoms with van der Waals surface area (Å²) in [6.07, 6.45) is 3.26. The second-order valence-electron chi connectivity index (χ2n) is 7.93. The number of nitrogens with one attached hydrogen (secondary N) is 1. The Morgan fingerprint density at radius 3 is 2.76 bits per heavy atom. The molecule has 11 heteroatoms. The van der Waals surface area contributed by atoms with E-state index in [1.165, 1.54) is 18.5 Å². The van der Waals surface area contributed by atoms with E-state index >= 15 is 0 Å². The minimum atomic E-state index is -4.05. The molecule has 34 heavy (non-hydrogen) atoms. The molecule has 0 bridgehead atoms. The van der Waals surface area contributed by atoms with Crippen molar-refractivity contribution in [3.63, 3.8) is 0 Å². The fraction of sp³-hybridized carbons (Fsp3) is 0.261. The molecule has 1 aliphatic heterocycles. The number of fused-ring (bicyclic) bond motifs is 2. The minimum Gasteiger partial charge on any atom is -0.468 e. The quantitative estimate of drug-likeness (QED) is 0.519. The van der Waals surface area contributed by atoms with Crippen molar-refractivity contribution in [1.82, 2.24) is 13.6 Å². The Labute approximate surface area is 202 Å². The molecule has 1 aromatic heterocycles. The first-order valence-corrected chi connectivity index (χ1v) is 12.2. The lowest BCUT2D eigenvalue weighted by Gasteiger charge is -2.35. The van der Waals surface area contributed by atoms with Crippen molar-refractivity contribution >= 4 is 50.1 Å². The molecular weight excluding hydrogens is 480 g/mol. The molecule has 0 aliphatic carbocycles. The zero-order valence-electron chi connectivity index (χ0n) is 18.6. The van der Waals surface area contributed by atoms with Crippen molar-refractivity contribution in [3.05, 3.63) is 71.0 Å². The minimum absolute atomic E-state index is 0.0416. The maximum Gasteiger partial charge on any atom is 0.321 e. The first-order valence-electron chi connectivity index (χ1n) is 10.4. The largest absolute Gasteiger partial charge is 0.468 e. The van der Waals surface area contributed by atoms with Crippen LogP contribution in [0.5, 0.6) is 0 Å². The molecule has 1 amide bonds. The summed E-state index contributed by atoms with van der Waals surface area (Å²) >= 11 is 6.20. The van der Waals surface area contributed by atoms with E-state index in [1.54, 1.807) is 30.6 Å². The number of halogens is 1. The summed E-state index contributed by atoms with van der Waals surface area (Å²) in [7, 11) is -1.57. The van der Waals surface area contributed by atoms with Gasteiger partial charge in [0.2, 0.25) is 5.91 Å². The molecule has 9 nitrogen and oxygen atoms in total. The topological polar surface area (TPSA) is 109 Å². The third-order valence-corrected chi connectivity index (χ3v) is 7.84. The number of hydrogen-bond donors (Lipinski definition) is 1. The van der Waals surface area contributed by atoms with Crippen molar-refractivity contribution in [2.75, 3.05) is 32.6 Å². The Bertz CT molecular complexity index is 1360. The predicted octanol–water partition coefficient (Wildman–Crippen LogP) is 2.78. The monoisotopic (exact) mass is 502 g/mol. The number of rotatable bonds is 6. The van der Waals surface area contributed by atoms with E-state index in [9.17, 15) is 18.0 Å². The van der Waals surface area contributed by atoms with Gasteiger partial charge in [0, 0.05) is 42.1 Å². The summed E-state index contributed by atoms with van der Waals surface area (Å²) in [5.74, 6) is -1.91. The van der Waals surface area contributed by atoms with Crippen LogP contribution in [0.25, 0.3) is 10.8 Å². The molecule has 0 radical (unpaired) electrons. The SMILES string of the molecule is COC(=O)CN(C)S(=O)(=O)N1Cc2ccc(Cl)cc2[C@H](C(=O)Nc2cncc3ccccc23)C1. The van der Waals surface area contributed by atoms with Gasteiger partial charge in [-0.2, -0.15) is 17.0 Å². The van der Waals surface area contributed by atoms with Gasteiger partial charge in [-0.1, -0.05) is 41.9 Å². The third-order valence-electron chi connectivity index (χ3n) is 5.76. The Kier molecular flexibility index (Phi) is 6.85. The van der Waals surface area contributed by atoms with E-state index in [1.807, 2.05) is 24.3 Å². The third kappa shape index (κ3) is 4.76. The molecule has 1 aliphatic rings. The number of likely N-dealkylation sites (N-methyl/N-ethyl adjacent to an activating group) is 1. The van der Waals surface area contributed by atoms with Crippen molar-refractivity contribution in [2.45, 2.75) is 12.5 Å². The van der Waals surface area contributed by atoms with E-state index in [2.05, 4.69) is 15.0 Å². The van der Waals surface area contributed by atoms with E-state index in [0.29, 0.717) is 21.8 Å². The highest BCUT2D eigenvalue weighted by molar-refractivity contribution is 7.86. The predicted molar refractivity (Wildman–Crippen MR) is 129 cm³/mol. The first-order chi connectivity index (χ1) is 16.2. The summed E-state index contributed by atoms with van der Waals surface area (Å²) in [6, 6.07) is 12.5. The van der Waals surface area contributed by atoms with Gasteiger partial charge < -0.3 is 10.1 Å². The fourth-order valence-electron chi connectivity index (χ4n) is 3.95. The van der Waals surface area contributed by atoms with Crippen molar-refractivity contribution in [3.8, 4) is 0 Å². The number of esters is 1. The number of carbonyl (C=O) groups excluding carboxylic acids is 2. The highest BCUT2D eigenvalue weighted by atomic mass is 35.5. The molecular formula is C23H23ClN4O5S. The van der Waals surface area contributed by atoms with Crippen LogP contribution in [0, 0.1) is 0 Å². The molecule has 3 aromatic rings. The van der Waals surface area contributed by atoms with Gasteiger partial charge >= 0.3 is 5.97 Å². The lowest BCUT2D eigenvalue weighted by Crippen LogP contribution is -2.48. The Morgan fingerprint density at radius 1 is 1.24 bits per heavy atom. The molecule has 2 heterocycles. The molecule has 1 atom stereocenters. The van der Waals surface area contributed by atoms with E-state index in [4.69, 9.17) is 11.6 Å². The van der Waals surface area contributed by atoms with E-state index in [0.717, 1.165) is 15.1 Å². The van der Waals surface area contributed by atoms with Crippen LogP contribution in [0.15, 0.2) is 54.9 Å². The van der Waals surface area contributed by atoms with Gasteiger partial charge in [-0.25, -0.2) is 0 Å². The van der Waals surface area contributed by atoms with Crippen LogP contribution in [0.3, 0.4) is 0 Å². The van der Waals surface area contributed by atoms with Crippen molar-refractivity contribution in [2.24, 2.45) is 0 Å². The van der Waals surface area contributed by atoms with Crippen molar-refractivity contribution < 1.29 is 22.7 Å². The zero-order chi connectivity index (χ0) is 24.5. The Morgan fingerprint density at radius 2 is 2.00 bits per heavy atom. The molecule has 0 spiro atoms. The number of hydrogen-bond acceptors (Lipinski definition) is 6. The lowest BCUT2D eigenvalue weighted by molar-refractivity contribution is -0.140. The zero-order valence-corrected chi connectivity index (χ0v) is 20.1. The number of anilines is 1. The summed E-state index contributed by atoms with van der Waals surface area (Å²) in [4.78, 5) is 29.3. The van der Waals surface area contributed by atoms with Crippen LogP contribution in [-0.2, 0) is 31.1 Å². The molecule has 0 saturated carbocycles. The fourth-order valence-corrected chi connectivity index (χ4v) is 5.43. The highest BCUT2D eigenvalue weighted by Crippen LogP contribution is 2.34. The second kappa shape index (κ2) is 9.67. The number of benzene rings is 2. The van der Waals surface area contributed by atoms with Crippen LogP contribution >= 0.6 is 11.6 Å². The normalized spacial score (nSPS) is 16.3. The van der Waals surface area contributed by atoms with Crippen LogP contribution in [0.1, 0.15) is 17.0 Å². The summed E-state index contributed by atoms with van der Waals surface area (Å²) < 4.78 is 33.1. The number of carbonyl (C=O) groups is 2. The van der Waals surface area contributed by atoms with Gasteiger partial charge in [0.1, 0.15) is 6.54 Å². The van der Waals surface area contributed by atoms with Crippen LogP contribution in [-0.4, -0.2) is 61.1 Å². The van der Waals surface area contributed by atoms with Gasteiger partial charge in [0.15, 0.2) is 0 Å². The number of ether oxygens (including phenoxy) is 1. The maximum atomic E-state index is 13.5. The number of methoxy groups -OCH3 is 1. The summed E-state index contributed by atoms with van der Waals surface area (Å²) in [6.45, 7) is -0.521. The first kappa shape index (κ1) is 24.1. The van der Waals surface area contributed by atoms with Crippen LogP contribution in [0.2, 0.25) is 5.02 Å².